The molecule has 8 heteroatoms. The number of amides is 1. The van der Waals surface area contributed by atoms with E-state index in [1.54, 1.807) is 42.5 Å². The molecule has 0 bridgehead atoms. The van der Waals surface area contributed by atoms with Gasteiger partial charge in [-0.2, -0.15) is 0 Å². The van der Waals surface area contributed by atoms with E-state index in [1.807, 2.05) is 6.07 Å². The smallest absolute Gasteiger partial charge is 0.294 e. The summed E-state index contributed by atoms with van der Waals surface area (Å²) in [5.74, 6) is 0.797. The fourth-order valence-electron chi connectivity index (χ4n) is 2.44. The fourth-order valence-corrected chi connectivity index (χ4v) is 2.44. The van der Waals surface area contributed by atoms with Gasteiger partial charge in [-0.05, 0) is 31.0 Å². The average molecular weight is 325 g/mol. The predicted octanol–water partition coefficient (Wildman–Crippen LogP) is 2.39. The molecule has 24 heavy (non-hydrogen) atoms. The topological polar surface area (TPSA) is 95.1 Å². The standard InChI is InChI=1S/C16H15N5O3/c1-23-14-5-4-11(21-8-17-18-9-21)6-13(14)19-16(22)15-7-12(20-24-15)10-2-3-10/h4-10H,2-3H2,1H3,(H,19,22). The van der Waals surface area contributed by atoms with Crippen LogP contribution in [0.5, 0.6) is 5.75 Å². The number of carbonyl (C=O) groups excluding carboxylic acids is 1. The number of hydrogen-bond donors (Lipinski definition) is 1. The second-order valence-corrected chi connectivity index (χ2v) is 5.60. The van der Waals surface area contributed by atoms with Gasteiger partial charge in [-0.1, -0.05) is 5.16 Å². The highest BCUT2D eigenvalue weighted by atomic mass is 16.5. The van der Waals surface area contributed by atoms with Gasteiger partial charge in [0, 0.05) is 12.0 Å². The maximum atomic E-state index is 12.4. The molecule has 3 aromatic rings. The van der Waals surface area contributed by atoms with Gasteiger partial charge in [-0.15, -0.1) is 10.2 Å². The first-order chi connectivity index (χ1) is 11.7. The molecule has 1 aromatic carbocycles. The van der Waals surface area contributed by atoms with E-state index in [0.717, 1.165) is 24.2 Å². The summed E-state index contributed by atoms with van der Waals surface area (Å²) in [4.78, 5) is 12.4. The summed E-state index contributed by atoms with van der Waals surface area (Å²) in [5, 5.41) is 14.3. The van der Waals surface area contributed by atoms with E-state index < -0.39 is 0 Å². The molecule has 8 nitrogen and oxygen atoms in total. The van der Waals surface area contributed by atoms with E-state index in [-0.39, 0.29) is 11.7 Å². The minimum Gasteiger partial charge on any atom is -0.495 e. The monoisotopic (exact) mass is 325 g/mol. The fraction of sp³-hybridized carbons (Fsp3) is 0.250. The Labute approximate surface area is 137 Å². The van der Waals surface area contributed by atoms with Crippen molar-refractivity contribution in [3.63, 3.8) is 0 Å². The van der Waals surface area contributed by atoms with Gasteiger partial charge < -0.3 is 14.6 Å². The van der Waals surface area contributed by atoms with Crippen LogP contribution in [0.1, 0.15) is 35.0 Å². The summed E-state index contributed by atoms with van der Waals surface area (Å²) in [7, 11) is 1.54. The van der Waals surface area contributed by atoms with E-state index in [1.165, 1.54) is 0 Å². The third kappa shape index (κ3) is 2.73. The van der Waals surface area contributed by atoms with Crippen molar-refractivity contribution in [2.75, 3.05) is 12.4 Å². The Morgan fingerprint density at radius 2 is 2.08 bits per heavy atom. The highest BCUT2D eigenvalue weighted by Crippen LogP contribution is 2.39. The Hall–Kier alpha value is -3.16. The summed E-state index contributed by atoms with van der Waals surface area (Å²) >= 11 is 0. The van der Waals surface area contributed by atoms with Crippen molar-refractivity contribution < 1.29 is 14.1 Å². The first-order valence-electron chi connectivity index (χ1n) is 7.55. The lowest BCUT2D eigenvalue weighted by molar-refractivity contribution is 0.0987. The molecule has 1 fully saturated rings. The molecule has 2 aromatic heterocycles. The van der Waals surface area contributed by atoms with Crippen LogP contribution in [0, 0.1) is 0 Å². The highest BCUT2D eigenvalue weighted by Gasteiger charge is 2.28. The normalized spacial score (nSPS) is 13.7. The molecule has 1 aliphatic rings. The summed E-state index contributed by atoms with van der Waals surface area (Å²) in [6.07, 6.45) is 5.35. The molecule has 0 atom stereocenters. The predicted molar refractivity (Wildman–Crippen MR) is 84.3 cm³/mol. The van der Waals surface area contributed by atoms with Gasteiger partial charge in [0.25, 0.3) is 5.91 Å². The lowest BCUT2D eigenvalue weighted by Crippen LogP contribution is -2.12. The SMILES string of the molecule is COc1ccc(-n2cnnc2)cc1NC(=O)c1cc(C2CC2)no1. The van der Waals surface area contributed by atoms with Crippen molar-refractivity contribution >= 4 is 11.6 Å². The summed E-state index contributed by atoms with van der Waals surface area (Å²) in [5.41, 5.74) is 2.16. The van der Waals surface area contributed by atoms with E-state index >= 15 is 0 Å². The molecule has 122 valence electrons. The van der Waals surface area contributed by atoms with Crippen molar-refractivity contribution in [2.24, 2.45) is 0 Å². The molecule has 1 saturated carbocycles. The van der Waals surface area contributed by atoms with Gasteiger partial charge in [0.1, 0.15) is 18.4 Å². The number of nitrogens with one attached hydrogen (secondary N) is 1. The van der Waals surface area contributed by atoms with Crippen LogP contribution in [0.4, 0.5) is 5.69 Å². The molecule has 4 rings (SSSR count). The zero-order chi connectivity index (χ0) is 16.5. The molecule has 0 aliphatic heterocycles. The number of anilines is 1. The van der Waals surface area contributed by atoms with E-state index in [0.29, 0.717) is 17.4 Å². The third-order valence-corrected chi connectivity index (χ3v) is 3.90. The van der Waals surface area contributed by atoms with Crippen LogP contribution in [0.25, 0.3) is 5.69 Å². The summed E-state index contributed by atoms with van der Waals surface area (Å²) in [6.45, 7) is 0. The van der Waals surface area contributed by atoms with Crippen LogP contribution in [0.15, 0.2) is 41.4 Å². The number of rotatable bonds is 5. The summed E-state index contributed by atoms with van der Waals surface area (Å²) < 4.78 is 12.2. The lowest BCUT2D eigenvalue weighted by atomic mass is 10.2. The number of ether oxygens (including phenoxy) is 1. The number of nitrogens with zero attached hydrogens (tertiary/aromatic N) is 4. The molecule has 2 heterocycles. The van der Waals surface area contributed by atoms with Gasteiger partial charge in [-0.25, -0.2) is 0 Å². The van der Waals surface area contributed by atoms with Crippen LogP contribution in [0.2, 0.25) is 0 Å². The minimum absolute atomic E-state index is 0.189. The molecule has 0 radical (unpaired) electrons. The quantitative estimate of drug-likeness (QED) is 0.774. The number of hydrogen-bond acceptors (Lipinski definition) is 6. The average Bonchev–Trinajstić information content (AvgIpc) is 3.12. The van der Waals surface area contributed by atoms with Crippen LogP contribution in [-0.2, 0) is 0 Å². The molecule has 1 aliphatic carbocycles. The highest BCUT2D eigenvalue weighted by molar-refractivity contribution is 6.03. The number of aromatic nitrogens is 4. The van der Waals surface area contributed by atoms with Crippen LogP contribution < -0.4 is 10.1 Å². The Morgan fingerprint density at radius 1 is 1.29 bits per heavy atom. The number of benzene rings is 1. The van der Waals surface area contributed by atoms with Crippen LogP contribution >= 0.6 is 0 Å². The third-order valence-electron chi connectivity index (χ3n) is 3.90. The van der Waals surface area contributed by atoms with Crippen molar-refractivity contribution in [1.82, 2.24) is 19.9 Å². The molecule has 0 saturated heterocycles. The van der Waals surface area contributed by atoms with Crippen LogP contribution in [0.3, 0.4) is 0 Å². The summed E-state index contributed by atoms with van der Waals surface area (Å²) in [6, 6.07) is 7.08. The van der Waals surface area contributed by atoms with Gasteiger partial charge in [0.15, 0.2) is 0 Å². The number of methoxy groups -OCH3 is 1. The first-order valence-corrected chi connectivity index (χ1v) is 7.55. The Kier molecular flexibility index (Phi) is 3.49. The lowest BCUT2D eigenvalue weighted by Gasteiger charge is -2.11. The second kappa shape index (κ2) is 5.80. The van der Waals surface area contributed by atoms with Crippen molar-refractivity contribution in [3.05, 3.63) is 48.4 Å². The van der Waals surface area contributed by atoms with Crippen molar-refractivity contribution in [2.45, 2.75) is 18.8 Å². The molecule has 0 unspecified atom stereocenters. The van der Waals surface area contributed by atoms with Gasteiger partial charge >= 0.3 is 0 Å². The Balaban J connectivity index is 1.59. The molecular formula is C16H15N5O3. The minimum atomic E-state index is -0.367. The second-order valence-electron chi connectivity index (χ2n) is 5.60. The van der Waals surface area contributed by atoms with Crippen molar-refractivity contribution in [1.29, 1.82) is 0 Å². The largest absolute Gasteiger partial charge is 0.495 e. The van der Waals surface area contributed by atoms with E-state index in [9.17, 15) is 4.79 Å². The van der Waals surface area contributed by atoms with Crippen molar-refractivity contribution in [3.8, 4) is 11.4 Å². The van der Waals surface area contributed by atoms with Gasteiger partial charge in [0.05, 0.1) is 24.2 Å². The maximum absolute atomic E-state index is 12.4. The zero-order valence-corrected chi connectivity index (χ0v) is 13.0. The van der Waals surface area contributed by atoms with E-state index in [4.69, 9.17) is 9.26 Å². The first kappa shape index (κ1) is 14.4. The van der Waals surface area contributed by atoms with Gasteiger partial charge in [0.2, 0.25) is 5.76 Å². The Bertz CT molecular complexity index is 868. The zero-order valence-electron chi connectivity index (χ0n) is 13.0. The van der Waals surface area contributed by atoms with E-state index in [2.05, 4.69) is 20.7 Å². The number of carbonyl (C=O) groups is 1. The van der Waals surface area contributed by atoms with Gasteiger partial charge in [-0.3, -0.25) is 9.36 Å². The molecule has 1 amide bonds. The molecular weight excluding hydrogens is 310 g/mol. The van der Waals surface area contributed by atoms with Crippen LogP contribution in [-0.4, -0.2) is 32.9 Å². The molecule has 0 spiro atoms. The molecule has 1 N–H and O–H groups in total. The Morgan fingerprint density at radius 3 is 2.79 bits per heavy atom. The maximum Gasteiger partial charge on any atom is 0.294 e.